The zero-order valence-corrected chi connectivity index (χ0v) is 20.6. The van der Waals surface area contributed by atoms with Gasteiger partial charge in [-0.05, 0) is 51.2 Å². The Morgan fingerprint density at radius 3 is 2.50 bits per heavy atom. The van der Waals surface area contributed by atoms with Gasteiger partial charge >= 0.3 is 5.97 Å². The Kier molecular flexibility index (Phi) is 8.29. The Morgan fingerprint density at radius 2 is 1.76 bits per heavy atom. The molecule has 2 heterocycles. The number of anilines is 2. The van der Waals surface area contributed by atoms with Gasteiger partial charge in [-0.25, -0.2) is 4.79 Å². The van der Waals surface area contributed by atoms with Gasteiger partial charge in [0.25, 0.3) is 5.91 Å². The normalized spacial score (nSPS) is 15.4. The third kappa shape index (κ3) is 5.82. The lowest BCUT2D eigenvalue weighted by atomic mass is 9.99. The topological polar surface area (TPSA) is 86.3 Å². The van der Waals surface area contributed by atoms with Gasteiger partial charge in [-0.1, -0.05) is 0 Å². The molecule has 1 aromatic carbocycles. The first kappa shape index (κ1) is 24.3. The van der Waals surface area contributed by atoms with E-state index in [1.54, 1.807) is 6.07 Å². The smallest absolute Gasteiger partial charge is 0.348 e. The van der Waals surface area contributed by atoms with E-state index in [2.05, 4.69) is 10.2 Å². The van der Waals surface area contributed by atoms with Gasteiger partial charge in [0.2, 0.25) is 0 Å². The summed E-state index contributed by atoms with van der Waals surface area (Å²) in [6, 6.07) is 5.56. The molecule has 1 aromatic heterocycles. The number of fused-ring (bicyclic) bond motifs is 1. The van der Waals surface area contributed by atoms with Crippen LogP contribution < -0.4 is 19.7 Å². The second kappa shape index (κ2) is 11.6. The van der Waals surface area contributed by atoms with E-state index in [-0.39, 0.29) is 6.61 Å². The zero-order valence-electron chi connectivity index (χ0n) is 19.8. The van der Waals surface area contributed by atoms with E-state index < -0.39 is 11.9 Å². The largest absolute Gasteiger partial charge is 0.492 e. The highest BCUT2D eigenvalue weighted by Gasteiger charge is 2.22. The van der Waals surface area contributed by atoms with Gasteiger partial charge in [0.05, 0.1) is 37.8 Å². The molecule has 4 rings (SSSR count). The minimum Gasteiger partial charge on any atom is -0.492 e. The number of rotatable bonds is 9. The summed E-state index contributed by atoms with van der Waals surface area (Å²) in [4.78, 5) is 29.1. The van der Waals surface area contributed by atoms with Crippen molar-refractivity contribution in [2.24, 2.45) is 0 Å². The van der Waals surface area contributed by atoms with Gasteiger partial charge < -0.3 is 29.2 Å². The molecule has 2 aromatic rings. The van der Waals surface area contributed by atoms with E-state index in [9.17, 15) is 9.59 Å². The monoisotopic (exact) mass is 488 g/mol. The lowest BCUT2D eigenvalue weighted by Crippen LogP contribution is -2.36. The number of thiophene rings is 1. The van der Waals surface area contributed by atoms with Crippen molar-refractivity contribution in [1.82, 2.24) is 0 Å². The molecule has 1 amide bonds. The highest BCUT2D eigenvalue weighted by molar-refractivity contribution is 7.14. The molecule has 0 spiro atoms. The zero-order chi connectivity index (χ0) is 23.9. The van der Waals surface area contributed by atoms with Crippen LogP contribution in [0.1, 0.15) is 46.8 Å². The van der Waals surface area contributed by atoms with Crippen LogP contribution in [-0.2, 0) is 27.1 Å². The number of morpholine rings is 1. The molecule has 0 saturated carbocycles. The molecular weight excluding hydrogens is 456 g/mol. The minimum absolute atomic E-state index is 0.373. The van der Waals surface area contributed by atoms with Gasteiger partial charge in [0, 0.05) is 30.1 Å². The van der Waals surface area contributed by atoms with Crippen molar-refractivity contribution < 1.29 is 28.5 Å². The summed E-state index contributed by atoms with van der Waals surface area (Å²) in [6.07, 6.45) is 4.32. The van der Waals surface area contributed by atoms with E-state index in [1.165, 1.54) is 21.8 Å². The first-order valence-corrected chi connectivity index (χ1v) is 12.8. The fourth-order valence-corrected chi connectivity index (χ4v) is 5.37. The van der Waals surface area contributed by atoms with Crippen molar-refractivity contribution in [2.45, 2.75) is 39.5 Å². The summed E-state index contributed by atoms with van der Waals surface area (Å²) < 4.78 is 22.4. The maximum absolute atomic E-state index is 12.6. The van der Waals surface area contributed by atoms with Gasteiger partial charge in [-0.2, -0.15) is 0 Å². The van der Waals surface area contributed by atoms with E-state index in [0.717, 1.165) is 44.5 Å². The van der Waals surface area contributed by atoms with Crippen LogP contribution in [0.15, 0.2) is 18.2 Å². The fraction of sp³-hybridized carbons (Fsp3) is 0.520. The number of esters is 1. The summed E-state index contributed by atoms with van der Waals surface area (Å²) in [5, 5.41) is 2.82. The van der Waals surface area contributed by atoms with Crippen LogP contribution in [0, 0.1) is 0 Å². The maximum atomic E-state index is 12.6. The molecule has 8 nitrogen and oxygen atoms in total. The first-order chi connectivity index (χ1) is 16.6. The summed E-state index contributed by atoms with van der Waals surface area (Å²) >= 11 is 1.47. The predicted octanol–water partition coefficient (Wildman–Crippen LogP) is 4.06. The van der Waals surface area contributed by atoms with E-state index >= 15 is 0 Å². The summed E-state index contributed by atoms with van der Waals surface area (Å²) in [7, 11) is 0. The van der Waals surface area contributed by atoms with Crippen LogP contribution >= 0.6 is 11.3 Å². The van der Waals surface area contributed by atoms with Crippen molar-refractivity contribution in [1.29, 1.82) is 0 Å². The Hall–Kier alpha value is -2.78. The van der Waals surface area contributed by atoms with Gasteiger partial charge in [0.1, 0.15) is 16.4 Å². The average molecular weight is 489 g/mol. The molecule has 1 aliphatic carbocycles. The number of nitrogens with one attached hydrogen (secondary N) is 1. The van der Waals surface area contributed by atoms with E-state index in [1.807, 2.05) is 26.0 Å². The van der Waals surface area contributed by atoms with Crippen LogP contribution in [0.3, 0.4) is 0 Å². The molecule has 1 aliphatic heterocycles. The number of benzene rings is 1. The molecule has 9 heteroatoms. The number of carbonyl (C=O) groups excluding carboxylic acids is 2. The van der Waals surface area contributed by atoms with E-state index in [4.69, 9.17) is 18.9 Å². The van der Waals surface area contributed by atoms with Crippen molar-refractivity contribution in [3.05, 3.63) is 33.5 Å². The van der Waals surface area contributed by atoms with Crippen LogP contribution in [0.25, 0.3) is 0 Å². The summed E-state index contributed by atoms with van der Waals surface area (Å²) in [6.45, 7) is 7.15. The Morgan fingerprint density at radius 1 is 1.03 bits per heavy atom. The molecular formula is C25H32N2O6S. The number of ether oxygens (including phenoxy) is 4. The van der Waals surface area contributed by atoms with Crippen LogP contribution in [-0.4, -0.2) is 58.0 Å². The second-order valence-corrected chi connectivity index (χ2v) is 9.31. The Balaban J connectivity index is 1.44. The van der Waals surface area contributed by atoms with E-state index in [0.29, 0.717) is 48.5 Å². The summed E-state index contributed by atoms with van der Waals surface area (Å²) in [5.41, 5.74) is 2.62. The van der Waals surface area contributed by atoms with Gasteiger partial charge in [-0.3, -0.25) is 4.79 Å². The van der Waals surface area contributed by atoms with Crippen molar-refractivity contribution >= 4 is 34.6 Å². The number of hydrogen-bond donors (Lipinski definition) is 1. The van der Waals surface area contributed by atoms with Gasteiger partial charge in [-0.15, -0.1) is 11.3 Å². The second-order valence-electron chi connectivity index (χ2n) is 8.17. The Labute approximate surface area is 204 Å². The average Bonchev–Trinajstić information content (AvgIpc) is 3.29. The molecule has 1 N–H and O–H groups in total. The van der Waals surface area contributed by atoms with Crippen LogP contribution in [0.5, 0.6) is 11.5 Å². The molecule has 184 valence electrons. The van der Waals surface area contributed by atoms with Gasteiger partial charge in [0.15, 0.2) is 6.61 Å². The summed E-state index contributed by atoms with van der Waals surface area (Å²) in [5.74, 6) is 0.303. The number of amides is 1. The van der Waals surface area contributed by atoms with Crippen molar-refractivity contribution in [3.63, 3.8) is 0 Å². The Bertz CT molecular complexity index is 992. The van der Waals surface area contributed by atoms with Crippen LogP contribution in [0.4, 0.5) is 11.4 Å². The molecule has 1 saturated heterocycles. The quantitative estimate of drug-likeness (QED) is 0.533. The number of hydrogen-bond acceptors (Lipinski definition) is 8. The lowest BCUT2D eigenvalue weighted by molar-refractivity contribution is -0.119. The SMILES string of the molecule is CCOc1cc(N2CCOCC2)c(OCC)cc1NC(=O)COC(=O)c1cc2c(s1)CCCC2. The molecule has 0 radical (unpaired) electrons. The number of aryl methyl sites for hydroxylation is 2. The number of carbonyl (C=O) groups is 2. The molecule has 2 aliphatic rings. The lowest BCUT2D eigenvalue weighted by Gasteiger charge is -2.31. The fourth-order valence-electron chi connectivity index (χ4n) is 4.22. The molecule has 1 fully saturated rings. The standard InChI is InChI=1S/C25H32N2O6S/c1-3-31-20-15-19(27-9-11-30-12-10-27)21(32-4-2)14-18(20)26-24(28)16-33-25(29)23-13-17-7-5-6-8-22(17)34-23/h13-15H,3-12,16H2,1-2H3,(H,26,28). The first-order valence-electron chi connectivity index (χ1n) is 11.9. The molecule has 34 heavy (non-hydrogen) atoms. The predicted molar refractivity (Wildman–Crippen MR) is 132 cm³/mol. The molecule has 0 bridgehead atoms. The van der Waals surface area contributed by atoms with Crippen molar-refractivity contribution in [2.75, 3.05) is 56.3 Å². The van der Waals surface area contributed by atoms with Crippen LogP contribution in [0.2, 0.25) is 0 Å². The highest BCUT2D eigenvalue weighted by Crippen LogP contribution is 2.39. The number of nitrogens with zero attached hydrogens (tertiary/aromatic N) is 1. The minimum atomic E-state index is -0.461. The molecule has 0 atom stereocenters. The van der Waals surface area contributed by atoms with Crippen molar-refractivity contribution in [3.8, 4) is 11.5 Å². The molecule has 0 unspecified atom stereocenters. The third-order valence-electron chi connectivity index (χ3n) is 5.82. The highest BCUT2D eigenvalue weighted by atomic mass is 32.1. The third-order valence-corrected chi connectivity index (χ3v) is 7.04. The maximum Gasteiger partial charge on any atom is 0.348 e.